The van der Waals surface area contributed by atoms with Crippen molar-refractivity contribution in [2.24, 2.45) is 0 Å². The monoisotopic (exact) mass is 240 g/mol. The van der Waals surface area contributed by atoms with E-state index in [-0.39, 0.29) is 0 Å². The van der Waals surface area contributed by atoms with Crippen molar-refractivity contribution in [3.05, 3.63) is 10.1 Å². The summed E-state index contributed by atoms with van der Waals surface area (Å²) in [5.41, 5.74) is 3.75. The van der Waals surface area contributed by atoms with Crippen LogP contribution in [0.15, 0.2) is 10.1 Å². The number of halogens is 2. The van der Waals surface area contributed by atoms with E-state index in [9.17, 15) is 14.4 Å². The van der Waals surface area contributed by atoms with Crippen LogP contribution < -0.4 is 10.9 Å². The molecule has 8 heteroatoms. The summed E-state index contributed by atoms with van der Waals surface area (Å²) in [5.74, 6) is -3.07. The molecule has 0 aliphatic rings. The topological polar surface area (TPSA) is 95.5 Å². The molecule has 78 valence electrons. The van der Waals surface area contributed by atoms with Gasteiger partial charge in [0.2, 0.25) is 5.91 Å². The minimum atomic E-state index is -1.53. The molecular weight excluding hydrogens is 235 g/mol. The van der Waals surface area contributed by atoms with Gasteiger partial charge in [0.25, 0.3) is 5.91 Å². The number of amides is 2. The molecule has 3 N–H and O–H groups in total. The minimum Gasteiger partial charge on any atom is -0.477 e. The number of carboxylic acid groups (broad SMARTS) is 1. The van der Waals surface area contributed by atoms with Crippen LogP contribution in [0.4, 0.5) is 0 Å². The van der Waals surface area contributed by atoms with E-state index in [0.29, 0.717) is 0 Å². The Morgan fingerprint density at radius 3 is 1.93 bits per heavy atom. The van der Waals surface area contributed by atoms with Crippen LogP contribution in [0.1, 0.15) is 6.92 Å². The van der Waals surface area contributed by atoms with Crippen LogP contribution in [-0.2, 0) is 14.4 Å². The van der Waals surface area contributed by atoms with Gasteiger partial charge in [-0.25, -0.2) is 4.79 Å². The zero-order chi connectivity index (χ0) is 11.3. The fourth-order valence-electron chi connectivity index (χ4n) is 0.393. The first-order chi connectivity index (χ1) is 6.36. The molecule has 0 heterocycles. The lowest BCUT2D eigenvalue weighted by Crippen LogP contribution is -2.40. The molecule has 0 fully saturated rings. The largest absolute Gasteiger partial charge is 0.477 e. The van der Waals surface area contributed by atoms with Crippen LogP contribution in [0.3, 0.4) is 0 Å². The summed E-state index contributed by atoms with van der Waals surface area (Å²) >= 11 is 10.4. The number of nitrogens with one attached hydrogen (secondary N) is 2. The highest BCUT2D eigenvalue weighted by molar-refractivity contribution is 6.53. The molecule has 0 saturated carbocycles. The maximum atomic E-state index is 10.9. The smallest absolute Gasteiger partial charge is 0.349 e. The van der Waals surface area contributed by atoms with E-state index in [1.807, 2.05) is 10.9 Å². The third kappa shape index (κ3) is 4.11. The Kier molecular flexibility index (Phi) is 4.96. The zero-order valence-corrected chi connectivity index (χ0v) is 8.44. The normalized spacial score (nSPS) is 11.4. The first kappa shape index (κ1) is 12.7. The van der Waals surface area contributed by atoms with Gasteiger partial charge in [0.05, 0.1) is 0 Å². The Morgan fingerprint density at radius 2 is 1.57 bits per heavy atom. The summed E-state index contributed by atoms with van der Waals surface area (Å²) < 4.78 is 0. The molecule has 0 atom stereocenters. The second kappa shape index (κ2) is 5.46. The molecule has 0 aromatic heterocycles. The van der Waals surface area contributed by atoms with Gasteiger partial charge in [0, 0.05) is 6.92 Å². The standard InChI is InChI=1S/C6H6Cl2N2O4/c1-2(11)9-10-5(12)3(7)4(8)6(13)14/h1H3,(H,9,11)(H,10,12)(H,13,14)/b4-3+. The van der Waals surface area contributed by atoms with E-state index < -0.39 is 27.8 Å². The molecule has 2 amide bonds. The number of aliphatic carboxylic acids is 1. The molecule has 6 nitrogen and oxygen atoms in total. The van der Waals surface area contributed by atoms with Crippen LogP contribution >= 0.6 is 23.2 Å². The molecule has 0 bridgehead atoms. The maximum Gasteiger partial charge on any atom is 0.349 e. The number of carbonyl (C=O) groups excluding carboxylic acids is 2. The first-order valence-corrected chi connectivity index (χ1v) is 3.97. The van der Waals surface area contributed by atoms with Gasteiger partial charge in [0.15, 0.2) is 0 Å². The van der Waals surface area contributed by atoms with Gasteiger partial charge in [-0.3, -0.25) is 20.4 Å². The number of hydrogen-bond acceptors (Lipinski definition) is 3. The van der Waals surface area contributed by atoms with Gasteiger partial charge in [-0.2, -0.15) is 0 Å². The Hall–Kier alpha value is -1.27. The third-order valence-electron chi connectivity index (χ3n) is 0.932. The zero-order valence-electron chi connectivity index (χ0n) is 6.93. The van der Waals surface area contributed by atoms with Crippen molar-refractivity contribution in [2.75, 3.05) is 0 Å². The number of carbonyl (C=O) groups is 3. The summed E-state index contributed by atoms with van der Waals surface area (Å²) in [7, 11) is 0. The number of hydrazine groups is 1. The summed E-state index contributed by atoms with van der Waals surface area (Å²) in [6, 6.07) is 0. The quantitative estimate of drug-likeness (QED) is 0.465. The van der Waals surface area contributed by atoms with Gasteiger partial charge < -0.3 is 5.11 Å². The summed E-state index contributed by atoms with van der Waals surface area (Å²) in [6.45, 7) is 1.15. The molecule has 0 aliphatic heterocycles. The van der Waals surface area contributed by atoms with Crippen molar-refractivity contribution in [1.29, 1.82) is 0 Å². The highest BCUT2D eigenvalue weighted by Gasteiger charge is 2.16. The molecule has 0 rings (SSSR count). The average molecular weight is 241 g/mol. The molecular formula is C6H6Cl2N2O4. The summed E-state index contributed by atoms with van der Waals surface area (Å²) in [5, 5.41) is 6.80. The second-order valence-electron chi connectivity index (χ2n) is 2.07. The van der Waals surface area contributed by atoms with E-state index in [1.54, 1.807) is 0 Å². The van der Waals surface area contributed by atoms with Crippen molar-refractivity contribution < 1.29 is 19.5 Å². The highest BCUT2D eigenvalue weighted by atomic mass is 35.5. The lowest BCUT2D eigenvalue weighted by atomic mass is 10.4. The van der Waals surface area contributed by atoms with E-state index in [2.05, 4.69) is 0 Å². The van der Waals surface area contributed by atoms with Crippen LogP contribution in [0, 0.1) is 0 Å². The van der Waals surface area contributed by atoms with Gasteiger partial charge in [-0.1, -0.05) is 23.2 Å². The molecule has 0 saturated heterocycles. The van der Waals surface area contributed by atoms with Crippen molar-refractivity contribution in [3.63, 3.8) is 0 Å². The second-order valence-corrected chi connectivity index (χ2v) is 2.82. The van der Waals surface area contributed by atoms with Crippen molar-refractivity contribution in [3.8, 4) is 0 Å². The van der Waals surface area contributed by atoms with Gasteiger partial charge in [-0.05, 0) is 0 Å². The number of carboxylic acids is 1. The SMILES string of the molecule is CC(=O)NNC(=O)/C(Cl)=C(\Cl)C(=O)O. The number of hydrogen-bond donors (Lipinski definition) is 3. The van der Waals surface area contributed by atoms with Crippen LogP contribution in [0.2, 0.25) is 0 Å². The Morgan fingerprint density at radius 1 is 1.07 bits per heavy atom. The fourth-order valence-corrected chi connectivity index (χ4v) is 0.607. The third-order valence-corrected chi connectivity index (χ3v) is 1.74. The highest BCUT2D eigenvalue weighted by Crippen LogP contribution is 2.13. The Labute approximate surface area is 88.8 Å². The Bertz CT molecular complexity index is 313. The van der Waals surface area contributed by atoms with Crippen LogP contribution in [0.25, 0.3) is 0 Å². The van der Waals surface area contributed by atoms with Crippen LogP contribution in [0.5, 0.6) is 0 Å². The summed E-state index contributed by atoms with van der Waals surface area (Å²) in [4.78, 5) is 31.5. The Balaban J connectivity index is 4.47. The molecule has 14 heavy (non-hydrogen) atoms. The minimum absolute atomic E-state index is 0.533. The van der Waals surface area contributed by atoms with Gasteiger partial charge in [0.1, 0.15) is 10.1 Å². The molecule has 0 aromatic carbocycles. The van der Waals surface area contributed by atoms with Gasteiger partial charge >= 0.3 is 5.97 Å². The van der Waals surface area contributed by atoms with E-state index in [0.717, 1.165) is 6.92 Å². The summed E-state index contributed by atoms with van der Waals surface area (Å²) in [6.07, 6.45) is 0. The number of rotatable bonds is 2. The lowest BCUT2D eigenvalue weighted by molar-refractivity contribution is -0.132. The molecule has 0 unspecified atom stereocenters. The molecule has 0 radical (unpaired) electrons. The van der Waals surface area contributed by atoms with Crippen LogP contribution in [-0.4, -0.2) is 22.9 Å². The molecule has 0 spiro atoms. The van der Waals surface area contributed by atoms with E-state index >= 15 is 0 Å². The molecule has 0 aromatic rings. The molecule has 0 aliphatic carbocycles. The predicted molar refractivity (Wildman–Crippen MR) is 48.3 cm³/mol. The van der Waals surface area contributed by atoms with Gasteiger partial charge in [-0.15, -0.1) is 0 Å². The average Bonchev–Trinajstić information content (AvgIpc) is 2.11. The van der Waals surface area contributed by atoms with Crippen molar-refractivity contribution >= 4 is 41.0 Å². The van der Waals surface area contributed by atoms with E-state index in [4.69, 9.17) is 28.3 Å². The predicted octanol–water partition coefficient (Wildman–Crippen LogP) is -0.0725. The maximum absolute atomic E-state index is 10.9. The van der Waals surface area contributed by atoms with Crippen molar-refractivity contribution in [2.45, 2.75) is 6.92 Å². The van der Waals surface area contributed by atoms with Crippen molar-refractivity contribution in [1.82, 2.24) is 10.9 Å². The van der Waals surface area contributed by atoms with E-state index in [1.165, 1.54) is 0 Å². The lowest BCUT2D eigenvalue weighted by Gasteiger charge is -2.03. The first-order valence-electron chi connectivity index (χ1n) is 3.21. The fraction of sp³-hybridized carbons (Fsp3) is 0.167.